The van der Waals surface area contributed by atoms with Crippen LogP contribution in [0, 0.1) is 0 Å². The molecule has 2 N–H and O–H groups in total. The van der Waals surface area contributed by atoms with Crippen molar-refractivity contribution in [2.45, 2.75) is 0 Å². The summed E-state index contributed by atoms with van der Waals surface area (Å²) >= 11 is 1.31. The molecule has 2 heterocycles. The highest BCUT2D eigenvalue weighted by molar-refractivity contribution is 7.18. The van der Waals surface area contributed by atoms with Crippen molar-refractivity contribution in [3.8, 4) is 10.7 Å². The first-order chi connectivity index (χ1) is 5.77. The van der Waals surface area contributed by atoms with Gasteiger partial charge in [-0.05, 0) is 0 Å². The minimum Gasteiger partial charge on any atom is -0.374 e. The van der Waals surface area contributed by atoms with Gasteiger partial charge in [0.25, 0.3) is 0 Å². The lowest BCUT2D eigenvalue weighted by molar-refractivity contribution is 0.719. The Morgan fingerprint density at radius 1 is 1.50 bits per heavy atom. The first-order valence-corrected chi connectivity index (χ1v) is 4.03. The highest BCUT2D eigenvalue weighted by Crippen LogP contribution is 2.22. The summed E-state index contributed by atoms with van der Waals surface area (Å²) in [4.78, 5) is 0. The summed E-state index contributed by atoms with van der Waals surface area (Å²) in [6, 6.07) is 0. The summed E-state index contributed by atoms with van der Waals surface area (Å²) in [6.07, 6.45) is 1.62. The SMILES string of the molecule is Cn1nncc1-c1nnc(N)s1. The molecule has 7 heteroatoms. The molecule has 2 aromatic rings. The van der Waals surface area contributed by atoms with Gasteiger partial charge >= 0.3 is 0 Å². The average molecular weight is 182 g/mol. The molecule has 0 saturated heterocycles. The Hall–Kier alpha value is -1.50. The fourth-order valence-corrected chi connectivity index (χ4v) is 1.47. The van der Waals surface area contributed by atoms with Crippen molar-refractivity contribution in [2.75, 3.05) is 5.73 Å². The van der Waals surface area contributed by atoms with Crippen molar-refractivity contribution < 1.29 is 0 Å². The summed E-state index contributed by atoms with van der Waals surface area (Å²) in [5, 5.41) is 16.2. The van der Waals surface area contributed by atoms with Gasteiger partial charge in [-0.25, -0.2) is 4.68 Å². The van der Waals surface area contributed by atoms with Crippen molar-refractivity contribution in [1.29, 1.82) is 0 Å². The maximum atomic E-state index is 5.43. The maximum absolute atomic E-state index is 5.43. The first kappa shape index (κ1) is 7.17. The molecule has 0 amide bonds. The number of nitrogens with two attached hydrogens (primary N) is 1. The fraction of sp³-hybridized carbons (Fsp3) is 0.200. The largest absolute Gasteiger partial charge is 0.374 e. The molecule has 0 aromatic carbocycles. The van der Waals surface area contributed by atoms with Crippen LogP contribution in [0.4, 0.5) is 5.13 Å². The van der Waals surface area contributed by atoms with E-state index in [2.05, 4.69) is 20.5 Å². The van der Waals surface area contributed by atoms with Gasteiger partial charge in [0.15, 0.2) is 5.01 Å². The van der Waals surface area contributed by atoms with Gasteiger partial charge < -0.3 is 5.73 Å². The van der Waals surface area contributed by atoms with Crippen LogP contribution in [-0.4, -0.2) is 25.2 Å². The van der Waals surface area contributed by atoms with E-state index in [9.17, 15) is 0 Å². The lowest BCUT2D eigenvalue weighted by Gasteiger charge is -1.90. The number of nitrogens with zero attached hydrogens (tertiary/aromatic N) is 5. The summed E-state index contributed by atoms with van der Waals surface area (Å²) in [5.74, 6) is 0. The molecule has 0 fully saturated rings. The molecule has 62 valence electrons. The van der Waals surface area contributed by atoms with E-state index in [1.54, 1.807) is 17.9 Å². The summed E-state index contributed by atoms with van der Waals surface area (Å²) in [7, 11) is 1.79. The van der Waals surface area contributed by atoms with E-state index in [1.165, 1.54) is 11.3 Å². The van der Waals surface area contributed by atoms with Crippen LogP contribution in [0.15, 0.2) is 6.20 Å². The zero-order valence-corrected chi connectivity index (χ0v) is 7.12. The molecule has 6 nitrogen and oxygen atoms in total. The lowest BCUT2D eigenvalue weighted by atomic mass is 10.5. The van der Waals surface area contributed by atoms with Crippen molar-refractivity contribution in [3.05, 3.63) is 6.20 Å². The zero-order chi connectivity index (χ0) is 8.55. The Balaban J connectivity index is 2.50. The van der Waals surface area contributed by atoms with E-state index in [1.807, 2.05) is 0 Å². The molecule has 0 aliphatic carbocycles. The molecule has 12 heavy (non-hydrogen) atoms. The van der Waals surface area contributed by atoms with Crippen LogP contribution < -0.4 is 5.73 Å². The molecule has 0 aliphatic rings. The van der Waals surface area contributed by atoms with Gasteiger partial charge in [-0.15, -0.1) is 15.3 Å². The molecular formula is C5H6N6S. The Labute approximate surface area is 72.0 Å². The quantitative estimate of drug-likeness (QED) is 0.666. The second-order valence-electron chi connectivity index (χ2n) is 2.19. The van der Waals surface area contributed by atoms with E-state index >= 15 is 0 Å². The van der Waals surface area contributed by atoms with E-state index in [0.717, 1.165) is 10.7 Å². The van der Waals surface area contributed by atoms with E-state index in [0.29, 0.717) is 5.13 Å². The highest BCUT2D eigenvalue weighted by atomic mass is 32.1. The second kappa shape index (κ2) is 2.52. The number of anilines is 1. The van der Waals surface area contributed by atoms with E-state index in [-0.39, 0.29) is 0 Å². The molecule has 0 atom stereocenters. The highest BCUT2D eigenvalue weighted by Gasteiger charge is 2.08. The van der Waals surface area contributed by atoms with Crippen molar-refractivity contribution in [2.24, 2.45) is 7.05 Å². The zero-order valence-electron chi connectivity index (χ0n) is 6.30. The number of aryl methyl sites for hydroxylation is 1. The molecule has 0 saturated carbocycles. The molecular weight excluding hydrogens is 176 g/mol. The number of hydrogen-bond donors (Lipinski definition) is 1. The van der Waals surface area contributed by atoms with Gasteiger partial charge in [-0.3, -0.25) is 0 Å². The Kier molecular flexibility index (Phi) is 1.51. The number of rotatable bonds is 1. The molecule has 0 aliphatic heterocycles. The summed E-state index contributed by atoms with van der Waals surface area (Å²) < 4.78 is 1.62. The van der Waals surface area contributed by atoms with Gasteiger partial charge in [0.2, 0.25) is 5.13 Å². The van der Waals surface area contributed by atoms with Crippen LogP contribution in [0.25, 0.3) is 10.7 Å². The fourth-order valence-electron chi connectivity index (χ4n) is 0.821. The normalized spacial score (nSPS) is 10.4. The topological polar surface area (TPSA) is 82.5 Å². The van der Waals surface area contributed by atoms with Crippen molar-refractivity contribution >= 4 is 16.5 Å². The molecule has 2 aromatic heterocycles. The van der Waals surface area contributed by atoms with Gasteiger partial charge in [0.1, 0.15) is 5.69 Å². The summed E-state index contributed by atoms with van der Waals surface area (Å²) in [6.45, 7) is 0. The van der Waals surface area contributed by atoms with E-state index in [4.69, 9.17) is 5.73 Å². The van der Waals surface area contributed by atoms with Crippen LogP contribution in [0.2, 0.25) is 0 Å². The van der Waals surface area contributed by atoms with E-state index < -0.39 is 0 Å². The van der Waals surface area contributed by atoms with Crippen LogP contribution in [0.1, 0.15) is 0 Å². The minimum atomic E-state index is 0.450. The number of hydrogen-bond acceptors (Lipinski definition) is 6. The predicted molar refractivity (Wildman–Crippen MR) is 44.3 cm³/mol. The third kappa shape index (κ3) is 1.03. The van der Waals surface area contributed by atoms with Crippen molar-refractivity contribution in [3.63, 3.8) is 0 Å². The minimum absolute atomic E-state index is 0.450. The molecule has 2 rings (SSSR count). The smallest absolute Gasteiger partial charge is 0.203 e. The first-order valence-electron chi connectivity index (χ1n) is 3.21. The Morgan fingerprint density at radius 2 is 2.33 bits per heavy atom. The van der Waals surface area contributed by atoms with Gasteiger partial charge in [-0.2, -0.15) is 0 Å². The molecule has 0 radical (unpaired) electrons. The Bertz CT molecular complexity index is 390. The third-order valence-corrected chi connectivity index (χ3v) is 2.15. The van der Waals surface area contributed by atoms with Gasteiger partial charge in [0.05, 0.1) is 6.20 Å². The standard InChI is InChI=1S/C5H6N6S/c1-11-3(2-7-10-11)4-8-9-5(6)12-4/h2H,1H3,(H2,6,9). The van der Waals surface area contributed by atoms with Crippen LogP contribution in [-0.2, 0) is 7.05 Å². The number of aromatic nitrogens is 5. The average Bonchev–Trinajstić information content (AvgIpc) is 2.58. The van der Waals surface area contributed by atoms with Crippen LogP contribution in [0.3, 0.4) is 0 Å². The van der Waals surface area contributed by atoms with Gasteiger partial charge in [-0.1, -0.05) is 16.6 Å². The van der Waals surface area contributed by atoms with Gasteiger partial charge in [0, 0.05) is 7.05 Å². The molecule has 0 bridgehead atoms. The Morgan fingerprint density at radius 3 is 2.83 bits per heavy atom. The predicted octanol–water partition coefficient (Wildman–Crippen LogP) is -0.0842. The monoisotopic (exact) mass is 182 g/mol. The molecule has 0 unspecified atom stereocenters. The van der Waals surface area contributed by atoms with Crippen LogP contribution >= 0.6 is 11.3 Å². The van der Waals surface area contributed by atoms with Crippen molar-refractivity contribution in [1.82, 2.24) is 25.2 Å². The van der Waals surface area contributed by atoms with Crippen LogP contribution in [0.5, 0.6) is 0 Å². The maximum Gasteiger partial charge on any atom is 0.203 e. The summed E-state index contributed by atoms with van der Waals surface area (Å²) in [5.41, 5.74) is 6.25. The molecule has 0 spiro atoms. The number of nitrogen functional groups attached to an aromatic ring is 1. The lowest BCUT2D eigenvalue weighted by Crippen LogP contribution is -1.93. The second-order valence-corrected chi connectivity index (χ2v) is 3.20. The third-order valence-electron chi connectivity index (χ3n) is 1.37.